The highest BCUT2D eigenvalue weighted by molar-refractivity contribution is 5.76. The van der Waals surface area contributed by atoms with E-state index in [0.29, 0.717) is 11.3 Å². The van der Waals surface area contributed by atoms with Crippen LogP contribution in [0.3, 0.4) is 0 Å². The lowest BCUT2D eigenvalue weighted by molar-refractivity contribution is -0.274. The molecule has 0 aliphatic carbocycles. The summed E-state index contributed by atoms with van der Waals surface area (Å²) < 4.78 is 45.7. The second kappa shape index (κ2) is 6.04. The first-order valence-electron chi connectivity index (χ1n) is 6.33. The molecule has 0 atom stereocenters. The van der Waals surface area contributed by atoms with Crippen molar-refractivity contribution in [3.05, 3.63) is 45.9 Å². The van der Waals surface area contributed by atoms with Crippen LogP contribution in [0.1, 0.15) is 11.3 Å². The van der Waals surface area contributed by atoms with Crippen molar-refractivity contribution in [1.82, 2.24) is 4.98 Å². The predicted octanol–water partition coefficient (Wildman–Crippen LogP) is 3.13. The number of aryl methyl sites for hydroxylation is 1. The summed E-state index contributed by atoms with van der Waals surface area (Å²) in [5.41, 5.74) is 0.345. The smallest absolute Gasteiger partial charge is 0.496 e. The van der Waals surface area contributed by atoms with Gasteiger partial charge < -0.3 is 14.5 Å². The zero-order valence-electron chi connectivity index (χ0n) is 12.1. The molecule has 2 rings (SSSR count). The normalized spacial score (nSPS) is 11.0. The van der Waals surface area contributed by atoms with E-state index in [9.17, 15) is 18.0 Å². The molecule has 0 unspecified atom stereocenters. The largest absolute Gasteiger partial charge is 0.573 e. The molecule has 120 valence electrons. The Morgan fingerprint density at radius 1 is 1.22 bits per heavy atom. The molecule has 0 amide bonds. The van der Waals surface area contributed by atoms with E-state index < -0.39 is 17.7 Å². The third-order valence-electron chi connectivity index (χ3n) is 2.98. The molecule has 2 aromatic rings. The van der Waals surface area contributed by atoms with Gasteiger partial charge in [0.2, 0.25) is 0 Å². The molecule has 8 heteroatoms. The SMILES string of the molecule is COc1cc(OC(F)(F)F)ccc1-c1cc(C)[nH]c(=O)c1C#N. The van der Waals surface area contributed by atoms with E-state index in [-0.39, 0.29) is 16.9 Å². The van der Waals surface area contributed by atoms with E-state index in [2.05, 4.69) is 9.72 Å². The molecule has 1 aromatic heterocycles. The first kappa shape index (κ1) is 16.4. The van der Waals surface area contributed by atoms with Crippen LogP contribution >= 0.6 is 0 Å². The number of H-pyrrole nitrogens is 1. The highest BCUT2D eigenvalue weighted by atomic mass is 19.4. The van der Waals surface area contributed by atoms with E-state index in [4.69, 9.17) is 10.00 Å². The van der Waals surface area contributed by atoms with Gasteiger partial charge in [-0.2, -0.15) is 5.26 Å². The average Bonchev–Trinajstić information content (AvgIpc) is 2.44. The van der Waals surface area contributed by atoms with Crippen LogP contribution in [-0.2, 0) is 0 Å². The van der Waals surface area contributed by atoms with Crippen molar-refractivity contribution in [2.75, 3.05) is 7.11 Å². The summed E-state index contributed by atoms with van der Waals surface area (Å²) in [6.07, 6.45) is -4.83. The van der Waals surface area contributed by atoms with Crippen LogP contribution in [0.5, 0.6) is 11.5 Å². The highest BCUT2D eigenvalue weighted by Gasteiger charge is 2.31. The van der Waals surface area contributed by atoms with Crippen LogP contribution in [0.4, 0.5) is 13.2 Å². The van der Waals surface area contributed by atoms with Gasteiger partial charge in [-0.15, -0.1) is 13.2 Å². The van der Waals surface area contributed by atoms with Crippen LogP contribution in [-0.4, -0.2) is 18.5 Å². The number of nitrogens with one attached hydrogen (secondary N) is 1. The fraction of sp³-hybridized carbons (Fsp3) is 0.200. The molecule has 1 heterocycles. The van der Waals surface area contributed by atoms with Gasteiger partial charge in [0.05, 0.1) is 7.11 Å². The third kappa shape index (κ3) is 3.63. The standard InChI is InChI=1S/C15H11F3N2O3/c1-8-5-11(12(7-19)14(21)20-8)10-4-3-9(6-13(10)22-2)23-15(16,17)18/h3-6H,1-2H3,(H,20,21). The number of nitrogens with zero attached hydrogens (tertiary/aromatic N) is 1. The maximum Gasteiger partial charge on any atom is 0.573 e. The topological polar surface area (TPSA) is 75.1 Å². The number of ether oxygens (including phenoxy) is 2. The fourth-order valence-corrected chi connectivity index (χ4v) is 2.10. The summed E-state index contributed by atoms with van der Waals surface area (Å²) in [5, 5.41) is 9.14. The van der Waals surface area contributed by atoms with Crippen molar-refractivity contribution >= 4 is 0 Å². The number of rotatable bonds is 3. The van der Waals surface area contributed by atoms with E-state index in [0.717, 1.165) is 12.1 Å². The van der Waals surface area contributed by atoms with Crippen molar-refractivity contribution in [3.63, 3.8) is 0 Å². The molecule has 0 radical (unpaired) electrons. The lowest BCUT2D eigenvalue weighted by atomic mass is 10.00. The number of nitriles is 1. The Kier molecular flexibility index (Phi) is 4.31. The van der Waals surface area contributed by atoms with Gasteiger partial charge in [-0.05, 0) is 25.1 Å². The number of hydrogen-bond donors (Lipinski definition) is 1. The van der Waals surface area contributed by atoms with Gasteiger partial charge in [-0.3, -0.25) is 4.79 Å². The predicted molar refractivity (Wildman–Crippen MR) is 75.2 cm³/mol. The summed E-state index contributed by atoms with van der Waals surface area (Å²) in [7, 11) is 1.27. The molecule has 5 nitrogen and oxygen atoms in total. The minimum Gasteiger partial charge on any atom is -0.496 e. The van der Waals surface area contributed by atoms with Crippen molar-refractivity contribution in [2.24, 2.45) is 0 Å². The number of aromatic amines is 1. The molecular formula is C15H11F3N2O3. The zero-order chi connectivity index (χ0) is 17.2. The Morgan fingerprint density at radius 2 is 1.91 bits per heavy atom. The molecule has 23 heavy (non-hydrogen) atoms. The Hall–Kier alpha value is -2.95. The maximum absolute atomic E-state index is 12.3. The summed E-state index contributed by atoms with van der Waals surface area (Å²) in [6.45, 7) is 1.62. The quantitative estimate of drug-likeness (QED) is 0.941. The van der Waals surface area contributed by atoms with Crippen molar-refractivity contribution in [1.29, 1.82) is 5.26 Å². The van der Waals surface area contributed by atoms with Gasteiger partial charge >= 0.3 is 6.36 Å². The number of benzene rings is 1. The first-order valence-corrected chi connectivity index (χ1v) is 6.33. The molecule has 0 bridgehead atoms. The lowest BCUT2D eigenvalue weighted by Gasteiger charge is -2.14. The number of hydrogen-bond acceptors (Lipinski definition) is 4. The highest BCUT2D eigenvalue weighted by Crippen LogP contribution is 2.36. The van der Waals surface area contributed by atoms with E-state index in [1.54, 1.807) is 19.1 Å². The number of pyridine rings is 1. The Labute approximate surface area is 128 Å². The maximum atomic E-state index is 12.3. The third-order valence-corrected chi connectivity index (χ3v) is 2.98. The molecule has 0 aliphatic rings. The molecule has 0 fully saturated rings. The Bertz CT molecular complexity index is 835. The Balaban J connectivity index is 2.62. The zero-order valence-corrected chi connectivity index (χ0v) is 12.1. The van der Waals surface area contributed by atoms with Gasteiger partial charge in [0.25, 0.3) is 5.56 Å². The van der Waals surface area contributed by atoms with Crippen LogP contribution in [0.2, 0.25) is 0 Å². The van der Waals surface area contributed by atoms with Gasteiger partial charge in [0.15, 0.2) is 0 Å². The molecule has 0 saturated carbocycles. The first-order chi connectivity index (χ1) is 10.7. The second-order valence-corrected chi connectivity index (χ2v) is 4.59. The molecule has 0 aliphatic heterocycles. The number of halogens is 3. The van der Waals surface area contributed by atoms with Crippen LogP contribution in [0.25, 0.3) is 11.1 Å². The van der Waals surface area contributed by atoms with Crippen molar-refractivity contribution in [2.45, 2.75) is 13.3 Å². The Morgan fingerprint density at radius 3 is 2.48 bits per heavy atom. The van der Waals surface area contributed by atoms with Crippen molar-refractivity contribution in [3.8, 4) is 28.7 Å². The summed E-state index contributed by atoms with van der Waals surface area (Å²) >= 11 is 0. The second-order valence-electron chi connectivity index (χ2n) is 4.59. The monoisotopic (exact) mass is 324 g/mol. The van der Waals surface area contributed by atoms with E-state index >= 15 is 0 Å². The number of aromatic nitrogens is 1. The number of methoxy groups -OCH3 is 1. The molecule has 0 saturated heterocycles. The van der Waals surface area contributed by atoms with Crippen LogP contribution in [0, 0.1) is 18.3 Å². The van der Waals surface area contributed by atoms with Gasteiger partial charge in [0, 0.05) is 22.9 Å². The van der Waals surface area contributed by atoms with Gasteiger partial charge in [-0.25, -0.2) is 0 Å². The summed E-state index contributed by atoms with van der Waals surface area (Å²) in [5.74, 6) is -0.411. The summed E-state index contributed by atoms with van der Waals surface area (Å²) in [4.78, 5) is 14.3. The minimum atomic E-state index is -4.83. The average molecular weight is 324 g/mol. The van der Waals surface area contributed by atoms with Crippen LogP contribution < -0.4 is 15.0 Å². The van der Waals surface area contributed by atoms with Crippen molar-refractivity contribution < 1.29 is 22.6 Å². The number of alkyl halides is 3. The minimum absolute atomic E-state index is 0.0493. The molecule has 0 spiro atoms. The van der Waals surface area contributed by atoms with E-state index in [1.165, 1.54) is 13.2 Å². The van der Waals surface area contributed by atoms with Crippen LogP contribution in [0.15, 0.2) is 29.1 Å². The van der Waals surface area contributed by atoms with Gasteiger partial charge in [0.1, 0.15) is 23.1 Å². The van der Waals surface area contributed by atoms with E-state index in [1.807, 2.05) is 0 Å². The molecular weight excluding hydrogens is 313 g/mol. The van der Waals surface area contributed by atoms with Gasteiger partial charge in [-0.1, -0.05) is 0 Å². The fourth-order valence-electron chi connectivity index (χ4n) is 2.10. The summed E-state index contributed by atoms with van der Waals surface area (Å²) in [6, 6.07) is 6.76. The molecule has 1 aromatic carbocycles. The molecule has 1 N–H and O–H groups in total. The lowest BCUT2D eigenvalue weighted by Crippen LogP contribution is -2.17.